The smallest absolute Gasteiger partial charge is 0.137 e. The summed E-state index contributed by atoms with van der Waals surface area (Å²) in [5.74, 6) is 0.438. The molecule has 0 heterocycles. The fourth-order valence-corrected chi connectivity index (χ4v) is 1.96. The molecule has 0 aliphatic heterocycles. The molecule has 0 fully saturated rings. The van der Waals surface area contributed by atoms with Crippen LogP contribution in [0.2, 0.25) is 0 Å². The monoisotopic (exact) mass is 273 g/mol. The minimum Gasteiger partial charge on any atom is -0.330 e. The Bertz CT molecular complexity index is 314. The second-order valence-electron chi connectivity index (χ2n) is 3.97. The van der Waals surface area contributed by atoms with Crippen molar-refractivity contribution in [2.24, 2.45) is 11.7 Å². The number of rotatable bonds is 5. The van der Waals surface area contributed by atoms with Crippen LogP contribution < -0.4 is 5.73 Å². The summed E-state index contributed by atoms with van der Waals surface area (Å²) >= 11 is 3.19. The topological polar surface area (TPSA) is 26.0 Å². The lowest BCUT2D eigenvalue weighted by atomic mass is 9.98. The summed E-state index contributed by atoms with van der Waals surface area (Å²) in [5, 5.41) is 0. The molecule has 0 saturated heterocycles. The molecule has 3 heteroatoms. The SMILES string of the molecule is CC(CCN)CCc1ccc(F)c(Br)c1. The lowest BCUT2D eigenvalue weighted by Crippen LogP contribution is -2.06. The summed E-state index contributed by atoms with van der Waals surface area (Å²) in [5.41, 5.74) is 6.66. The Morgan fingerprint density at radius 3 is 2.73 bits per heavy atom. The molecule has 0 aromatic heterocycles. The van der Waals surface area contributed by atoms with Crippen LogP contribution in [0.15, 0.2) is 22.7 Å². The highest BCUT2D eigenvalue weighted by atomic mass is 79.9. The molecule has 0 radical (unpaired) electrons. The van der Waals surface area contributed by atoms with Gasteiger partial charge in [-0.3, -0.25) is 0 Å². The summed E-state index contributed by atoms with van der Waals surface area (Å²) in [7, 11) is 0. The van der Waals surface area contributed by atoms with Crippen molar-refractivity contribution in [2.45, 2.75) is 26.2 Å². The van der Waals surface area contributed by atoms with E-state index in [1.807, 2.05) is 12.1 Å². The highest BCUT2D eigenvalue weighted by Gasteiger charge is 2.04. The number of benzene rings is 1. The molecule has 0 bridgehead atoms. The van der Waals surface area contributed by atoms with E-state index in [0.29, 0.717) is 10.4 Å². The Kier molecular flexibility index (Phi) is 5.26. The second kappa shape index (κ2) is 6.23. The number of halogens is 2. The standard InChI is InChI=1S/C12H17BrFN/c1-9(6-7-15)2-3-10-4-5-12(14)11(13)8-10/h4-5,8-9H,2-3,6-7,15H2,1H3. The van der Waals surface area contributed by atoms with Crippen molar-refractivity contribution < 1.29 is 4.39 Å². The van der Waals surface area contributed by atoms with Crippen molar-refractivity contribution >= 4 is 15.9 Å². The van der Waals surface area contributed by atoms with Gasteiger partial charge in [0.25, 0.3) is 0 Å². The third-order valence-electron chi connectivity index (χ3n) is 2.57. The summed E-state index contributed by atoms with van der Waals surface area (Å²) in [6, 6.07) is 5.20. The van der Waals surface area contributed by atoms with E-state index in [2.05, 4.69) is 22.9 Å². The van der Waals surface area contributed by atoms with Gasteiger partial charge in [0, 0.05) is 0 Å². The molecule has 0 aliphatic rings. The molecule has 2 N–H and O–H groups in total. The first-order valence-electron chi connectivity index (χ1n) is 5.27. The van der Waals surface area contributed by atoms with Gasteiger partial charge in [0.15, 0.2) is 0 Å². The molecular formula is C12H17BrFN. The van der Waals surface area contributed by atoms with Crippen LogP contribution in [-0.4, -0.2) is 6.54 Å². The van der Waals surface area contributed by atoms with Crippen LogP contribution in [0, 0.1) is 11.7 Å². The lowest BCUT2D eigenvalue weighted by Gasteiger charge is -2.09. The molecule has 1 unspecified atom stereocenters. The first kappa shape index (κ1) is 12.7. The number of nitrogens with two attached hydrogens (primary N) is 1. The van der Waals surface area contributed by atoms with Gasteiger partial charge in [-0.05, 0) is 65.4 Å². The predicted octanol–water partition coefficient (Wildman–Crippen LogP) is 3.51. The summed E-state index contributed by atoms with van der Waals surface area (Å²) in [4.78, 5) is 0. The van der Waals surface area contributed by atoms with Crippen molar-refractivity contribution in [1.29, 1.82) is 0 Å². The molecule has 1 rings (SSSR count). The van der Waals surface area contributed by atoms with E-state index in [0.717, 1.165) is 25.8 Å². The van der Waals surface area contributed by atoms with Crippen LogP contribution in [-0.2, 0) is 6.42 Å². The zero-order valence-electron chi connectivity index (χ0n) is 8.97. The summed E-state index contributed by atoms with van der Waals surface area (Å²) in [6.45, 7) is 2.94. The Morgan fingerprint density at radius 2 is 2.13 bits per heavy atom. The average Bonchev–Trinajstić information content (AvgIpc) is 2.20. The first-order valence-corrected chi connectivity index (χ1v) is 6.06. The maximum Gasteiger partial charge on any atom is 0.137 e. The van der Waals surface area contributed by atoms with Crippen LogP contribution in [0.4, 0.5) is 4.39 Å². The Labute approximate surface area is 99.0 Å². The molecule has 1 atom stereocenters. The minimum atomic E-state index is -0.200. The first-order chi connectivity index (χ1) is 7.13. The molecule has 1 nitrogen and oxygen atoms in total. The Hall–Kier alpha value is -0.410. The maximum atomic E-state index is 13.0. The molecule has 0 saturated carbocycles. The van der Waals surface area contributed by atoms with Crippen molar-refractivity contribution in [3.05, 3.63) is 34.1 Å². The van der Waals surface area contributed by atoms with E-state index in [1.54, 1.807) is 0 Å². The number of hydrogen-bond donors (Lipinski definition) is 1. The normalized spacial score (nSPS) is 12.8. The van der Waals surface area contributed by atoms with Gasteiger partial charge < -0.3 is 5.73 Å². The van der Waals surface area contributed by atoms with Crippen LogP contribution in [0.1, 0.15) is 25.3 Å². The average molecular weight is 274 g/mol. The van der Waals surface area contributed by atoms with Gasteiger partial charge in [-0.1, -0.05) is 13.0 Å². The van der Waals surface area contributed by atoms with E-state index in [9.17, 15) is 4.39 Å². The zero-order valence-corrected chi connectivity index (χ0v) is 10.6. The third-order valence-corrected chi connectivity index (χ3v) is 3.18. The van der Waals surface area contributed by atoms with Gasteiger partial charge in [0.1, 0.15) is 5.82 Å². The van der Waals surface area contributed by atoms with Gasteiger partial charge in [0.2, 0.25) is 0 Å². The molecule has 0 aliphatic carbocycles. The summed E-state index contributed by atoms with van der Waals surface area (Å²) in [6.07, 6.45) is 3.15. The molecule has 0 amide bonds. The van der Waals surface area contributed by atoms with Gasteiger partial charge in [-0.25, -0.2) is 4.39 Å². The van der Waals surface area contributed by atoms with Gasteiger partial charge in [-0.2, -0.15) is 0 Å². The van der Waals surface area contributed by atoms with E-state index in [4.69, 9.17) is 5.73 Å². The Morgan fingerprint density at radius 1 is 1.40 bits per heavy atom. The van der Waals surface area contributed by atoms with E-state index in [-0.39, 0.29) is 5.82 Å². The molecule has 1 aromatic rings. The fraction of sp³-hybridized carbons (Fsp3) is 0.500. The lowest BCUT2D eigenvalue weighted by molar-refractivity contribution is 0.499. The van der Waals surface area contributed by atoms with Crippen molar-refractivity contribution in [2.75, 3.05) is 6.54 Å². The Balaban J connectivity index is 2.47. The number of aryl methyl sites for hydroxylation is 1. The van der Waals surface area contributed by atoms with E-state index in [1.165, 1.54) is 11.6 Å². The quantitative estimate of drug-likeness (QED) is 0.873. The van der Waals surface area contributed by atoms with Gasteiger partial charge in [0.05, 0.1) is 4.47 Å². The van der Waals surface area contributed by atoms with E-state index >= 15 is 0 Å². The minimum absolute atomic E-state index is 0.200. The van der Waals surface area contributed by atoms with E-state index < -0.39 is 0 Å². The molecule has 1 aromatic carbocycles. The molecule has 0 spiro atoms. The molecule has 15 heavy (non-hydrogen) atoms. The van der Waals surface area contributed by atoms with Gasteiger partial charge >= 0.3 is 0 Å². The molecular weight excluding hydrogens is 257 g/mol. The largest absolute Gasteiger partial charge is 0.330 e. The predicted molar refractivity (Wildman–Crippen MR) is 65.3 cm³/mol. The summed E-state index contributed by atoms with van der Waals surface area (Å²) < 4.78 is 13.5. The van der Waals surface area contributed by atoms with Crippen LogP contribution in [0.25, 0.3) is 0 Å². The second-order valence-corrected chi connectivity index (χ2v) is 4.82. The van der Waals surface area contributed by atoms with Crippen molar-refractivity contribution in [3.8, 4) is 0 Å². The highest BCUT2D eigenvalue weighted by molar-refractivity contribution is 9.10. The van der Waals surface area contributed by atoms with Crippen molar-refractivity contribution in [1.82, 2.24) is 0 Å². The molecule has 84 valence electrons. The zero-order chi connectivity index (χ0) is 11.3. The highest BCUT2D eigenvalue weighted by Crippen LogP contribution is 2.19. The number of hydrogen-bond acceptors (Lipinski definition) is 1. The maximum absolute atomic E-state index is 13.0. The van der Waals surface area contributed by atoms with Crippen LogP contribution in [0.5, 0.6) is 0 Å². The van der Waals surface area contributed by atoms with Gasteiger partial charge in [-0.15, -0.1) is 0 Å². The van der Waals surface area contributed by atoms with Crippen LogP contribution in [0.3, 0.4) is 0 Å². The van der Waals surface area contributed by atoms with Crippen LogP contribution >= 0.6 is 15.9 Å². The van der Waals surface area contributed by atoms with Crippen molar-refractivity contribution in [3.63, 3.8) is 0 Å². The fourth-order valence-electron chi connectivity index (χ4n) is 1.54. The third kappa shape index (κ3) is 4.31.